The molecule has 2 rings (SSSR count). The normalized spacial score (nSPS) is 19.4. The molecule has 7 heteroatoms. The van der Waals surface area contributed by atoms with Crippen molar-refractivity contribution in [2.45, 2.75) is 23.8 Å². The molecule has 1 aromatic carbocycles. The Morgan fingerprint density at radius 2 is 2.09 bits per heavy atom. The number of hydrogen-bond acceptors (Lipinski definition) is 4. The monoisotopic (exact) mass is 373 g/mol. The lowest BCUT2D eigenvalue weighted by Gasteiger charge is -2.27. The van der Waals surface area contributed by atoms with Crippen molar-refractivity contribution >= 4 is 39.1 Å². The Bertz CT molecular complexity index is 658. The van der Waals surface area contributed by atoms with E-state index < -0.39 is 9.84 Å². The molecule has 1 saturated heterocycles. The zero-order chi connectivity index (χ0) is 16.9. The minimum atomic E-state index is -3.01. The van der Waals surface area contributed by atoms with Gasteiger partial charge < -0.3 is 4.90 Å². The number of amides is 1. The molecule has 1 heterocycles. The Kier molecular flexibility index (Phi) is 6.56. The maximum absolute atomic E-state index is 12.4. The van der Waals surface area contributed by atoms with Crippen LogP contribution in [-0.2, 0) is 14.6 Å². The number of hydrogen-bond donors (Lipinski definition) is 0. The van der Waals surface area contributed by atoms with E-state index in [9.17, 15) is 13.2 Å². The first kappa shape index (κ1) is 18.4. The molecule has 0 saturated carbocycles. The van der Waals surface area contributed by atoms with Gasteiger partial charge in [0.2, 0.25) is 5.91 Å². The molecular formula is C16H20ClNO3S2. The van der Waals surface area contributed by atoms with Crippen LogP contribution in [0.1, 0.15) is 12.8 Å². The lowest BCUT2D eigenvalue weighted by Crippen LogP contribution is -2.41. The average molecular weight is 374 g/mol. The SMILES string of the molecule is C=CCN(C(=O)CCSc1ccc(Cl)cc1)C1CCS(=O)(=O)C1. The van der Waals surface area contributed by atoms with Gasteiger partial charge in [-0.3, -0.25) is 4.79 Å². The Morgan fingerprint density at radius 1 is 1.39 bits per heavy atom. The number of rotatable bonds is 7. The van der Waals surface area contributed by atoms with E-state index >= 15 is 0 Å². The van der Waals surface area contributed by atoms with E-state index in [0.717, 1.165) is 4.90 Å². The van der Waals surface area contributed by atoms with Gasteiger partial charge in [0.1, 0.15) is 0 Å². The predicted octanol–water partition coefficient (Wildman–Crippen LogP) is 3.02. The van der Waals surface area contributed by atoms with Crippen LogP contribution in [0.25, 0.3) is 0 Å². The Labute approximate surface area is 146 Å². The van der Waals surface area contributed by atoms with Gasteiger partial charge in [0.15, 0.2) is 9.84 Å². The minimum absolute atomic E-state index is 0.0199. The summed E-state index contributed by atoms with van der Waals surface area (Å²) >= 11 is 7.42. The second-order valence-electron chi connectivity index (χ2n) is 5.44. The molecule has 0 aromatic heterocycles. The van der Waals surface area contributed by atoms with Crippen LogP contribution in [0.5, 0.6) is 0 Å². The van der Waals surface area contributed by atoms with E-state index in [2.05, 4.69) is 6.58 Å². The first-order valence-corrected chi connectivity index (χ1v) is 10.6. The largest absolute Gasteiger partial charge is 0.335 e. The van der Waals surface area contributed by atoms with Gasteiger partial charge in [0, 0.05) is 34.7 Å². The van der Waals surface area contributed by atoms with Crippen LogP contribution in [0.4, 0.5) is 0 Å². The standard InChI is InChI=1S/C16H20ClNO3S2/c1-2-9-18(14-8-11-23(20,21)12-14)16(19)7-10-22-15-5-3-13(17)4-6-15/h2-6,14H,1,7-12H2. The minimum Gasteiger partial charge on any atom is -0.335 e. The number of halogens is 1. The number of carbonyl (C=O) groups is 1. The van der Waals surface area contributed by atoms with E-state index in [1.807, 2.05) is 24.3 Å². The summed E-state index contributed by atoms with van der Waals surface area (Å²) in [6, 6.07) is 7.26. The molecule has 0 N–H and O–H groups in total. The first-order valence-electron chi connectivity index (χ1n) is 7.40. The Balaban J connectivity index is 1.88. The van der Waals surface area contributed by atoms with Gasteiger partial charge in [-0.25, -0.2) is 8.42 Å². The highest BCUT2D eigenvalue weighted by atomic mass is 35.5. The van der Waals surface area contributed by atoms with Crippen LogP contribution < -0.4 is 0 Å². The highest BCUT2D eigenvalue weighted by Gasteiger charge is 2.33. The molecule has 1 aliphatic rings. The smallest absolute Gasteiger partial charge is 0.223 e. The third-order valence-electron chi connectivity index (χ3n) is 3.69. The number of nitrogens with zero attached hydrogens (tertiary/aromatic N) is 1. The first-order chi connectivity index (χ1) is 10.9. The van der Waals surface area contributed by atoms with Gasteiger partial charge >= 0.3 is 0 Å². The average Bonchev–Trinajstić information content (AvgIpc) is 2.86. The molecule has 0 spiro atoms. The summed E-state index contributed by atoms with van der Waals surface area (Å²) < 4.78 is 23.2. The fraction of sp³-hybridized carbons (Fsp3) is 0.438. The van der Waals surface area contributed by atoms with Gasteiger partial charge in [-0.05, 0) is 30.7 Å². The molecule has 0 bridgehead atoms. The van der Waals surface area contributed by atoms with E-state index in [1.165, 1.54) is 0 Å². The van der Waals surface area contributed by atoms with E-state index in [4.69, 9.17) is 11.6 Å². The highest BCUT2D eigenvalue weighted by Crippen LogP contribution is 2.23. The summed E-state index contributed by atoms with van der Waals surface area (Å²) in [7, 11) is -3.01. The van der Waals surface area contributed by atoms with Gasteiger partial charge in [-0.1, -0.05) is 17.7 Å². The summed E-state index contributed by atoms with van der Waals surface area (Å²) in [5, 5.41) is 0.685. The number of thioether (sulfide) groups is 1. The van der Waals surface area contributed by atoms with Crippen LogP contribution in [0, 0.1) is 0 Å². The van der Waals surface area contributed by atoms with Crippen LogP contribution in [0.3, 0.4) is 0 Å². The molecule has 1 amide bonds. The van der Waals surface area contributed by atoms with Crippen molar-refractivity contribution in [3.05, 3.63) is 41.9 Å². The third kappa shape index (κ3) is 5.55. The van der Waals surface area contributed by atoms with E-state index in [1.54, 1.807) is 22.7 Å². The van der Waals surface area contributed by atoms with Crippen LogP contribution in [0.15, 0.2) is 41.8 Å². The number of benzene rings is 1. The van der Waals surface area contributed by atoms with Crippen molar-refractivity contribution in [3.8, 4) is 0 Å². The number of sulfone groups is 1. The maximum atomic E-state index is 12.4. The topological polar surface area (TPSA) is 54.5 Å². The quantitative estimate of drug-likeness (QED) is 0.544. The van der Waals surface area contributed by atoms with Gasteiger partial charge in [0.05, 0.1) is 11.5 Å². The summed E-state index contributed by atoms with van der Waals surface area (Å²) in [6.07, 6.45) is 2.54. The van der Waals surface area contributed by atoms with Gasteiger partial charge in [0.25, 0.3) is 0 Å². The summed E-state index contributed by atoms with van der Waals surface area (Å²) in [5.74, 6) is 0.858. The molecule has 1 unspecified atom stereocenters. The fourth-order valence-corrected chi connectivity index (χ4v) is 5.24. The van der Waals surface area contributed by atoms with Crippen molar-refractivity contribution in [1.29, 1.82) is 0 Å². The zero-order valence-corrected chi connectivity index (χ0v) is 15.2. The van der Waals surface area contributed by atoms with Crippen molar-refractivity contribution < 1.29 is 13.2 Å². The van der Waals surface area contributed by atoms with Crippen LogP contribution >= 0.6 is 23.4 Å². The van der Waals surface area contributed by atoms with Crippen molar-refractivity contribution in [3.63, 3.8) is 0 Å². The van der Waals surface area contributed by atoms with Crippen molar-refractivity contribution in [1.82, 2.24) is 4.90 Å². The molecular weight excluding hydrogens is 354 g/mol. The summed E-state index contributed by atoms with van der Waals surface area (Å²) in [4.78, 5) is 15.1. The van der Waals surface area contributed by atoms with Crippen LogP contribution in [0.2, 0.25) is 5.02 Å². The molecule has 126 valence electrons. The van der Waals surface area contributed by atoms with E-state index in [-0.39, 0.29) is 23.5 Å². The fourth-order valence-electron chi connectivity index (χ4n) is 2.55. The summed E-state index contributed by atoms with van der Waals surface area (Å²) in [5.41, 5.74) is 0. The molecule has 0 radical (unpaired) electrons. The molecule has 23 heavy (non-hydrogen) atoms. The lowest BCUT2D eigenvalue weighted by molar-refractivity contribution is -0.132. The predicted molar refractivity (Wildman–Crippen MR) is 95.8 cm³/mol. The Hall–Kier alpha value is -0.980. The van der Waals surface area contributed by atoms with Gasteiger partial charge in [-0.2, -0.15) is 0 Å². The highest BCUT2D eigenvalue weighted by molar-refractivity contribution is 7.99. The summed E-state index contributed by atoms with van der Waals surface area (Å²) in [6.45, 7) is 4.06. The molecule has 1 aliphatic heterocycles. The molecule has 0 aliphatic carbocycles. The maximum Gasteiger partial charge on any atom is 0.223 e. The number of carbonyl (C=O) groups excluding carboxylic acids is 1. The van der Waals surface area contributed by atoms with Crippen molar-refractivity contribution in [2.75, 3.05) is 23.8 Å². The van der Waals surface area contributed by atoms with Crippen molar-refractivity contribution in [2.24, 2.45) is 0 Å². The molecule has 1 atom stereocenters. The second kappa shape index (κ2) is 8.22. The van der Waals surface area contributed by atoms with Crippen LogP contribution in [-0.4, -0.2) is 49.1 Å². The van der Waals surface area contributed by atoms with E-state index in [0.29, 0.717) is 30.2 Å². The second-order valence-corrected chi connectivity index (χ2v) is 9.28. The molecule has 4 nitrogen and oxygen atoms in total. The van der Waals surface area contributed by atoms with Gasteiger partial charge in [-0.15, -0.1) is 18.3 Å². The Morgan fingerprint density at radius 3 is 2.65 bits per heavy atom. The lowest BCUT2D eigenvalue weighted by atomic mass is 10.2. The molecule has 1 fully saturated rings. The zero-order valence-electron chi connectivity index (χ0n) is 12.8. The molecule has 1 aromatic rings. The third-order valence-corrected chi connectivity index (χ3v) is 6.71.